The lowest BCUT2D eigenvalue weighted by Gasteiger charge is -2.18. The van der Waals surface area contributed by atoms with E-state index in [0.29, 0.717) is 11.1 Å². The van der Waals surface area contributed by atoms with Crippen LogP contribution in [0.5, 0.6) is 0 Å². The number of nitrogens with one attached hydrogen (secondary N) is 1. The zero-order valence-corrected chi connectivity index (χ0v) is 12.4. The summed E-state index contributed by atoms with van der Waals surface area (Å²) < 4.78 is 16.3. The Bertz CT molecular complexity index is 563. The molecule has 1 aromatic carbocycles. The molecule has 2 rings (SSSR count). The van der Waals surface area contributed by atoms with E-state index in [9.17, 15) is 4.39 Å². The van der Waals surface area contributed by atoms with Gasteiger partial charge in [-0.25, -0.2) is 4.39 Å². The Morgan fingerprint density at radius 1 is 1.35 bits per heavy atom. The highest BCUT2D eigenvalue weighted by atomic mass is 19.1. The highest BCUT2D eigenvalue weighted by Crippen LogP contribution is 2.25. The smallest absolute Gasteiger partial charge is 0.131 e. The third-order valence-corrected chi connectivity index (χ3v) is 3.38. The monoisotopic (exact) mass is 275 g/mol. The highest BCUT2D eigenvalue weighted by molar-refractivity contribution is 5.33. The maximum Gasteiger partial charge on any atom is 0.131 e. The van der Waals surface area contributed by atoms with Crippen LogP contribution in [0.25, 0.3) is 0 Å². The van der Waals surface area contributed by atoms with Gasteiger partial charge in [-0.2, -0.15) is 5.10 Å². The van der Waals surface area contributed by atoms with Crippen molar-refractivity contribution in [2.75, 3.05) is 6.54 Å². The molecule has 1 unspecified atom stereocenters. The molecule has 0 aliphatic heterocycles. The van der Waals surface area contributed by atoms with Gasteiger partial charge in [0.25, 0.3) is 0 Å². The minimum atomic E-state index is -0.148. The van der Waals surface area contributed by atoms with Crippen molar-refractivity contribution < 1.29 is 4.39 Å². The fourth-order valence-electron chi connectivity index (χ4n) is 2.38. The predicted octanol–water partition coefficient (Wildman–Crippen LogP) is 3.44. The normalized spacial score (nSPS) is 12.6. The number of aryl methyl sites for hydroxylation is 2. The first kappa shape index (κ1) is 14.7. The fourth-order valence-corrected chi connectivity index (χ4v) is 2.38. The first-order chi connectivity index (χ1) is 9.67. The lowest BCUT2D eigenvalue weighted by atomic mass is 9.99. The van der Waals surface area contributed by atoms with E-state index in [1.807, 2.05) is 36.1 Å². The van der Waals surface area contributed by atoms with Gasteiger partial charge < -0.3 is 5.32 Å². The van der Waals surface area contributed by atoms with Crippen LogP contribution in [0.1, 0.15) is 43.0 Å². The Morgan fingerprint density at radius 3 is 2.85 bits per heavy atom. The summed E-state index contributed by atoms with van der Waals surface area (Å²) in [7, 11) is 0. The van der Waals surface area contributed by atoms with Gasteiger partial charge in [-0.1, -0.05) is 32.0 Å². The van der Waals surface area contributed by atoms with Crippen LogP contribution in [0, 0.1) is 12.7 Å². The van der Waals surface area contributed by atoms with Gasteiger partial charge in [0, 0.05) is 23.9 Å². The lowest BCUT2D eigenvalue weighted by Crippen LogP contribution is -2.23. The molecule has 1 atom stereocenters. The first-order valence-corrected chi connectivity index (χ1v) is 7.18. The molecule has 0 bridgehead atoms. The molecule has 0 spiro atoms. The minimum Gasteiger partial charge on any atom is -0.306 e. The van der Waals surface area contributed by atoms with Crippen molar-refractivity contribution in [1.29, 1.82) is 0 Å². The Kier molecular flexibility index (Phi) is 4.90. The molecule has 1 heterocycles. The predicted molar refractivity (Wildman–Crippen MR) is 79.2 cm³/mol. The summed E-state index contributed by atoms with van der Waals surface area (Å²) in [4.78, 5) is 0. The second-order valence-corrected chi connectivity index (χ2v) is 5.01. The average Bonchev–Trinajstić information content (AvgIpc) is 2.88. The second-order valence-electron chi connectivity index (χ2n) is 5.01. The van der Waals surface area contributed by atoms with Gasteiger partial charge in [-0.15, -0.1) is 0 Å². The molecule has 0 saturated carbocycles. The molecule has 2 aromatic rings. The molecule has 1 N–H and O–H groups in total. The number of hydrogen-bond donors (Lipinski definition) is 1. The van der Waals surface area contributed by atoms with Crippen molar-refractivity contribution in [3.05, 3.63) is 53.1 Å². The summed E-state index contributed by atoms with van der Waals surface area (Å²) >= 11 is 0. The third kappa shape index (κ3) is 3.07. The van der Waals surface area contributed by atoms with Crippen LogP contribution < -0.4 is 5.32 Å². The number of halogens is 1. The van der Waals surface area contributed by atoms with Gasteiger partial charge in [0.15, 0.2) is 0 Å². The van der Waals surface area contributed by atoms with Crippen LogP contribution in [-0.4, -0.2) is 16.3 Å². The molecular formula is C16H22FN3. The number of hydrogen-bond acceptors (Lipinski definition) is 2. The zero-order chi connectivity index (χ0) is 14.5. The number of rotatable bonds is 6. The molecule has 108 valence electrons. The molecule has 4 heteroatoms. The summed E-state index contributed by atoms with van der Waals surface area (Å²) in [6.07, 6.45) is 4.86. The van der Waals surface area contributed by atoms with Gasteiger partial charge >= 0.3 is 0 Å². The lowest BCUT2D eigenvalue weighted by molar-refractivity contribution is 0.552. The molecule has 3 nitrogen and oxygen atoms in total. The summed E-state index contributed by atoms with van der Waals surface area (Å²) in [5.74, 6) is -0.137. The number of benzene rings is 1. The first-order valence-electron chi connectivity index (χ1n) is 7.18. The quantitative estimate of drug-likeness (QED) is 0.875. The Hall–Kier alpha value is -1.68. The van der Waals surface area contributed by atoms with E-state index >= 15 is 0 Å². The van der Waals surface area contributed by atoms with E-state index in [1.54, 1.807) is 13.0 Å². The summed E-state index contributed by atoms with van der Waals surface area (Å²) in [6.45, 7) is 7.59. The van der Waals surface area contributed by atoms with Gasteiger partial charge in [0.1, 0.15) is 5.82 Å². The van der Waals surface area contributed by atoms with Gasteiger partial charge in [0.05, 0.1) is 12.2 Å². The zero-order valence-electron chi connectivity index (χ0n) is 12.4. The number of aromatic nitrogens is 2. The van der Waals surface area contributed by atoms with Crippen molar-refractivity contribution in [3.8, 4) is 0 Å². The third-order valence-electron chi connectivity index (χ3n) is 3.38. The van der Waals surface area contributed by atoms with Crippen molar-refractivity contribution >= 4 is 0 Å². The topological polar surface area (TPSA) is 29.9 Å². The van der Waals surface area contributed by atoms with Crippen molar-refractivity contribution in [1.82, 2.24) is 15.1 Å². The molecule has 0 saturated heterocycles. The molecule has 0 aliphatic rings. The largest absolute Gasteiger partial charge is 0.306 e. The molecular weight excluding hydrogens is 253 g/mol. The SMILES string of the molecule is CCCn1cc(C(NCC)c2cccc(C)c2F)cn1. The highest BCUT2D eigenvalue weighted by Gasteiger charge is 2.19. The molecule has 0 aliphatic carbocycles. The second kappa shape index (κ2) is 6.66. The molecule has 0 amide bonds. The van der Waals surface area contributed by atoms with E-state index < -0.39 is 0 Å². The van der Waals surface area contributed by atoms with E-state index in [1.165, 1.54) is 0 Å². The van der Waals surface area contributed by atoms with Crippen molar-refractivity contribution in [2.45, 2.75) is 39.8 Å². The van der Waals surface area contributed by atoms with Gasteiger partial charge in [0.2, 0.25) is 0 Å². The maximum atomic E-state index is 14.3. The molecule has 1 aromatic heterocycles. The molecule has 20 heavy (non-hydrogen) atoms. The van der Waals surface area contributed by atoms with E-state index in [2.05, 4.69) is 17.3 Å². The fraction of sp³-hybridized carbons (Fsp3) is 0.438. The molecule has 0 radical (unpaired) electrons. The maximum absolute atomic E-state index is 14.3. The van der Waals surface area contributed by atoms with Gasteiger partial charge in [-0.05, 0) is 25.5 Å². The Morgan fingerprint density at radius 2 is 2.15 bits per heavy atom. The van der Waals surface area contributed by atoms with Crippen LogP contribution in [0.15, 0.2) is 30.6 Å². The standard InChI is InChI=1S/C16H22FN3/c1-4-9-20-11-13(10-19-20)16(18-5-2)14-8-6-7-12(3)15(14)17/h6-8,10-11,16,18H,4-5,9H2,1-3H3. The minimum absolute atomic E-state index is 0.137. The van der Waals surface area contributed by atoms with Crippen LogP contribution in [0.4, 0.5) is 4.39 Å². The van der Waals surface area contributed by atoms with E-state index in [-0.39, 0.29) is 11.9 Å². The summed E-state index contributed by atoms with van der Waals surface area (Å²) in [5.41, 5.74) is 2.36. The Labute approximate surface area is 119 Å². The molecule has 0 fully saturated rings. The average molecular weight is 275 g/mol. The summed E-state index contributed by atoms with van der Waals surface area (Å²) in [6, 6.07) is 5.38. The van der Waals surface area contributed by atoms with Crippen LogP contribution in [0.3, 0.4) is 0 Å². The van der Waals surface area contributed by atoms with Gasteiger partial charge in [-0.3, -0.25) is 4.68 Å². The van der Waals surface area contributed by atoms with Crippen molar-refractivity contribution in [3.63, 3.8) is 0 Å². The summed E-state index contributed by atoms with van der Waals surface area (Å²) in [5, 5.41) is 7.69. The van der Waals surface area contributed by atoms with E-state index in [4.69, 9.17) is 0 Å². The van der Waals surface area contributed by atoms with Crippen LogP contribution in [0.2, 0.25) is 0 Å². The van der Waals surface area contributed by atoms with E-state index in [0.717, 1.165) is 25.1 Å². The van der Waals surface area contributed by atoms with Crippen LogP contribution in [-0.2, 0) is 6.54 Å². The van der Waals surface area contributed by atoms with Crippen molar-refractivity contribution in [2.24, 2.45) is 0 Å². The number of nitrogens with zero attached hydrogens (tertiary/aromatic N) is 2. The Balaban J connectivity index is 2.36. The van der Waals surface area contributed by atoms with Crippen LogP contribution >= 0.6 is 0 Å².